The average molecular weight is 306 g/mol. The van der Waals surface area contributed by atoms with Crippen molar-refractivity contribution in [2.75, 3.05) is 12.4 Å². The molecule has 1 fully saturated rings. The summed E-state index contributed by atoms with van der Waals surface area (Å²) in [5.41, 5.74) is 0. The van der Waals surface area contributed by atoms with Crippen LogP contribution in [0.1, 0.15) is 32.6 Å². The number of aromatic nitrogens is 2. The zero-order valence-corrected chi connectivity index (χ0v) is 12.7. The Balaban J connectivity index is 2.16. The largest absolute Gasteiger partial charge is 0.271 e. The number of hydrogen-bond donors (Lipinski definition) is 0. The lowest BCUT2D eigenvalue weighted by atomic mass is 10.1. The third-order valence-electron chi connectivity index (χ3n) is 3.48. The summed E-state index contributed by atoms with van der Waals surface area (Å²) in [5.74, 6) is 0.547. The van der Waals surface area contributed by atoms with Crippen LogP contribution in [0, 0.1) is 0 Å². The summed E-state index contributed by atoms with van der Waals surface area (Å²) in [6, 6.07) is 0.0740. The SMILES string of the molecule is CC1CCCCN1S(=O)(=O)c1cnn(CCCCl)c1. The molecule has 2 heterocycles. The lowest BCUT2D eigenvalue weighted by Gasteiger charge is -2.31. The fraction of sp³-hybridized carbons (Fsp3) is 0.750. The summed E-state index contributed by atoms with van der Waals surface area (Å²) >= 11 is 5.62. The van der Waals surface area contributed by atoms with Gasteiger partial charge in [-0.1, -0.05) is 6.42 Å². The van der Waals surface area contributed by atoms with E-state index in [2.05, 4.69) is 5.10 Å². The summed E-state index contributed by atoms with van der Waals surface area (Å²) in [6.07, 6.45) is 6.78. The van der Waals surface area contributed by atoms with E-state index < -0.39 is 10.0 Å². The molecule has 0 aromatic carbocycles. The molecule has 19 heavy (non-hydrogen) atoms. The number of alkyl halides is 1. The van der Waals surface area contributed by atoms with Gasteiger partial charge in [-0.05, 0) is 26.2 Å². The standard InChI is InChI=1S/C12H20ClN3O2S/c1-11-5-2-3-8-16(11)19(17,18)12-9-14-15(10-12)7-4-6-13/h9-11H,2-8H2,1H3. The monoisotopic (exact) mass is 305 g/mol. The molecule has 0 amide bonds. The normalized spacial score (nSPS) is 21.7. The number of piperidine rings is 1. The maximum atomic E-state index is 12.5. The Kier molecular flexibility index (Phi) is 4.86. The van der Waals surface area contributed by atoms with Crippen LogP contribution in [-0.2, 0) is 16.6 Å². The van der Waals surface area contributed by atoms with Gasteiger partial charge in [0, 0.05) is 31.2 Å². The highest BCUT2D eigenvalue weighted by Crippen LogP contribution is 2.24. The van der Waals surface area contributed by atoms with Crippen molar-refractivity contribution in [1.29, 1.82) is 0 Å². The van der Waals surface area contributed by atoms with Gasteiger partial charge in [0.1, 0.15) is 4.90 Å². The van der Waals surface area contributed by atoms with Gasteiger partial charge in [-0.15, -0.1) is 11.6 Å². The molecule has 0 bridgehead atoms. The third-order valence-corrected chi connectivity index (χ3v) is 5.71. The van der Waals surface area contributed by atoms with E-state index in [-0.39, 0.29) is 10.9 Å². The zero-order valence-electron chi connectivity index (χ0n) is 11.1. The lowest BCUT2D eigenvalue weighted by molar-refractivity contribution is 0.268. The minimum Gasteiger partial charge on any atom is -0.271 e. The van der Waals surface area contributed by atoms with E-state index in [0.29, 0.717) is 19.0 Å². The van der Waals surface area contributed by atoms with Crippen LogP contribution in [0.2, 0.25) is 0 Å². The number of aryl methyl sites for hydroxylation is 1. The fourth-order valence-corrected chi connectivity index (χ4v) is 4.16. The van der Waals surface area contributed by atoms with E-state index >= 15 is 0 Å². The summed E-state index contributed by atoms with van der Waals surface area (Å²) in [6.45, 7) is 3.22. The van der Waals surface area contributed by atoms with E-state index in [1.807, 2.05) is 6.92 Å². The van der Waals surface area contributed by atoms with Crippen molar-refractivity contribution in [3.8, 4) is 0 Å². The van der Waals surface area contributed by atoms with Crippen molar-refractivity contribution < 1.29 is 8.42 Å². The molecule has 0 radical (unpaired) electrons. The Hall–Kier alpha value is -0.590. The zero-order chi connectivity index (χ0) is 13.9. The number of sulfonamides is 1. The highest BCUT2D eigenvalue weighted by molar-refractivity contribution is 7.89. The van der Waals surface area contributed by atoms with E-state index in [9.17, 15) is 8.42 Å². The molecule has 108 valence electrons. The van der Waals surface area contributed by atoms with Gasteiger partial charge in [-0.3, -0.25) is 4.68 Å². The molecule has 1 aromatic heterocycles. The van der Waals surface area contributed by atoms with Crippen molar-refractivity contribution >= 4 is 21.6 Å². The minimum absolute atomic E-state index is 0.0740. The molecule has 1 aromatic rings. The van der Waals surface area contributed by atoms with Crippen LogP contribution in [0.4, 0.5) is 0 Å². The summed E-state index contributed by atoms with van der Waals surface area (Å²) in [4.78, 5) is 0.288. The van der Waals surface area contributed by atoms with Crippen molar-refractivity contribution in [2.45, 2.75) is 50.1 Å². The van der Waals surface area contributed by atoms with Crippen LogP contribution < -0.4 is 0 Å². The molecule has 1 unspecified atom stereocenters. The lowest BCUT2D eigenvalue weighted by Crippen LogP contribution is -2.41. The average Bonchev–Trinajstić information content (AvgIpc) is 2.86. The van der Waals surface area contributed by atoms with Crippen LogP contribution in [0.25, 0.3) is 0 Å². The van der Waals surface area contributed by atoms with Gasteiger partial charge >= 0.3 is 0 Å². The van der Waals surface area contributed by atoms with E-state index in [4.69, 9.17) is 11.6 Å². The maximum Gasteiger partial charge on any atom is 0.246 e. The number of rotatable bonds is 5. The smallest absolute Gasteiger partial charge is 0.246 e. The molecule has 2 rings (SSSR count). The number of nitrogens with zero attached hydrogens (tertiary/aromatic N) is 3. The van der Waals surface area contributed by atoms with E-state index in [0.717, 1.165) is 25.7 Å². The van der Waals surface area contributed by atoms with Gasteiger partial charge < -0.3 is 0 Å². The molecular formula is C12H20ClN3O2S. The Labute approximate surface area is 119 Å². The van der Waals surface area contributed by atoms with Gasteiger partial charge in [-0.25, -0.2) is 8.42 Å². The first kappa shape index (κ1) is 14.8. The maximum absolute atomic E-state index is 12.5. The number of hydrogen-bond acceptors (Lipinski definition) is 3. The fourth-order valence-electron chi connectivity index (χ4n) is 2.39. The van der Waals surface area contributed by atoms with Gasteiger partial charge in [0.05, 0.1) is 6.20 Å². The first-order chi connectivity index (χ1) is 9.05. The molecular weight excluding hydrogens is 286 g/mol. The highest BCUT2D eigenvalue weighted by atomic mass is 35.5. The van der Waals surface area contributed by atoms with Crippen molar-refractivity contribution in [3.63, 3.8) is 0 Å². The molecule has 0 N–H and O–H groups in total. The minimum atomic E-state index is -3.40. The van der Waals surface area contributed by atoms with Crippen molar-refractivity contribution in [3.05, 3.63) is 12.4 Å². The first-order valence-electron chi connectivity index (χ1n) is 6.66. The van der Waals surface area contributed by atoms with Crippen LogP contribution in [-0.4, -0.2) is 41.0 Å². The predicted molar refractivity (Wildman–Crippen MR) is 74.8 cm³/mol. The molecule has 1 atom stereocenters. The molecule has 0 aliphatic carbocycles. The molecule has 0 saturated carbocycles. The van der Waals surface area contributed by atoms with E-state index in [1.54, 1.807) is 15.2 Å². The molecule has 5 nitrogen and oxygen atoms in total. The van der Waals surface area contributed by atoms with Gasteiger partial charge in [0.15, 0.2) is 0 Å². The molecule has 1 aliphatic heterocycles. The van der Waals surface area contributed by atoms with Crippen molar-refractivity contribution in [2.24, 2.45) is 0 Å². The topological polar surface area (TPSA) is 55.2 Å². The molecule has 1 saturated heterocycles. The van der Waals surface area contributed by atoms with E-state index in [1.165, 1.54) is 6.20 Å². The molecule has 7 heteroatoms. The second-order valence-corrected chi connectivity index (χ2v) is 7.21. The van der Waals surface area contributed by atoms with Crippen LogP contribution in [0.5, 0.6) is 0 Å². The summed E-state index contributed by atoms with van der Waals surface area (Å²) in [5, 5.41) is 4.09. The quantitative estimate of drug-likeness (QED) is 0.783. The van der Waals surface area contributed by atoms with Crippen LogP contribution in [0.15, 0.2) is 17.3 Å². The first-order valence-corrected chi connectivity index (χ1v) is 8.63. The summed E-state index contributed by atoms with van der Waals surface area (Å²) in [7, 11) is -3.40. The Morgan fingerprint density at radius 1 is 1.47 bits per heavy atom. The van der Waals surface area contributed by atoms with Crippen molar-refractivity contribution in [1.82, 2.24) is 14.1 Å². The number of halogens is 1. The Morgan fingerprint density at radius 3 is 2.95 bits per heavy atom. The Morgan fingerprint density at radius 2 is 2.26 bits per heavy atom. The second-order valence-electron chi connectivity index (χ2n) is 4.94. The second kappa shape index (κ2) is 6.24. The highest BCUT2D eigenvalue weighted by Gasteiger charge is 2.31. The molecule has 0 spiro atoms. The predicted octanol–water partition coefficient (Wildman–Crippen LogP) is 2.08. The van der Waals surface area contributed by atoms with Crippen LogP contribution in [0.3, 0.4) is 0 Å². The van der Waals surface area contributed by atoms with Gasteiger partial charge in [0.25, 0.3) is 0 Å². The van der Waals surface area contributed by atoms with Crippen LogP contribution >= 0.6 is 11.6 Å². The van der Waals surface area contributed by atoms with Gasteiger partial charge in [0.2, 0.25) is 10.0 Å². The summed E-state index contributed by atoms with van der Waals surface area (Å²) < 4.78 is 28.3. The third kappa shape index (κ3) is 3.30. The Bertz CT molecular complexity index is 515. The van der Waals surface area contributed by atoms with Gasteiger partial charge in [-0.2, -0.15) is 9.40 Å². The molecule has 1 aliphatic rings.